The highest BCUT2D eigenvalue weighted by atomic mass is 35.5. The molecule has 0 radical (unpaired) electrons. The summed E-state index contributed by atoms with van der Waals surface area (Å²) in [5.41, 5.74) is 2.52. The zero-order chi connectivity index (χ0) is 13.2. The number of nitrogens with zero attached hydrogens (tertiary/aromatic N) is 1. The largest absolute Gasteiger partial charge is 0.508 e. The van der Waals surface area contributed by atoms with E-state index < -0.39 is 0 Å². The van der Waals surface area contributed by atoms with Crippen molar-refractivity contribution < 1.29 is 5.11 Å². The van der Waals surface area contributed by atoms with Gasteiger partial charge in [-0.2, -0.15) is 0 Å². The second-order valence-corrected chi connectivity index (χ2v) is 6.43. The molecular formula is C16H26ClNO. The second kappa shape index (κ2) is 6.62. The van der Waals surface area contributed by atoms with E-state index in [9.17, 15) is 5.11 Å². The molecule has 1 fully saturated rings. The Morgan fingerprint density at radius 2 is 1.74 bits per heavy atom. The van der Waals surface area contributed by atoms with Crippen molar-refractivity contribution >= 4 is 12.4 Å². The molecule has 2 nitrogen and oxygen atoms in total. The van der Waals surface area contributed by atoms with Gasteiger partial charge in [0.15, 0.2) is 0 Å². The highest BCUT2D eigenvalue weighted by Crippen LogP contribution is 2.28. The lowest BCUT2D eigenvalue weighted by atomic mass is 9.86. The molecule has 1 heterocycles. The van der Waals surface area contributed by atoms with Gasteiger partial charge in [0.25, 0.3) is 0 Å². The summed E-state index contributed by atoms with van der Waals surface area (Å²) in [5.74, 6) is 0.438. The Bertz CT molecular complexity index is 406. The molecule has 1 aliphatic heterocycles. The zero-order valence-electron chi connectivity index (χ0n) is 12.3. The topological polar surface area (TPSA) is 23.5 Å². The van der Waals surface area contributed by atoms with Crippen molar-refractivity contribution in [2.24, 2.45) is 0 Å². The SMILES string of the molecule is CC(C)(C)c1ccc(O)c(CN2CCCCC2)c1.Cl. The summed E-state index contributed by atoms with van der Waals surface area (Å²) in [6.45, 7) is 9.85. The third-order valence-corrected chi connectivity index (χ3v) is 3.79. The van der Waals surface area contributed by atoms with Crippen molar-refractivity contribution in [3.63, 3.8) is 0 Å². The van der Waals surface area contributed by atoms with Crippen LogP contribution >= 0.6 is 12.4 Å². The van der Waals surface area contributed by atoms with Crippen molar-refractivity contribution in [2.75, 3.05) is 13.1 Å². The van der Waals surface area contributed by atoms with E-state index in [1.165, 1.54) is 37.9 Å². The van der Waals surface area contributed by atoms with Gasteiger partial charge in [0, 0.05) is 12.1 Å². The molecule has 0 aliphatic carbocycles. The van der Waals surface area contributed by atoms with Crippen molar-refractivity contribution in [2.45, 2.75) is 52.0 Å². The van der Waals surface area contributed by atoms with E-state index in [-0.39, 0.29) is 17.8 Å². The van der Waals surface area contributed by atoms with E-state index in [4.69, 9.17) is 0 Å². The maximum Gasteiger partial charge on any atom is 0.120 e. The van der Waals surface area contributed by atoms with Gasteiger partial charge < -0.3 is 5.11 Å². The smallest absolute Gasteiger partial charge is 0.120 e. The number of phenolic OH excluding ortho intramolecular Hbond substituents is 1. The third-order valence-electron chi connectivity index (χ3n) is 3.79. The number of aromatic hydroxyl groups is 1. The third kappa shape index (κ3) is 4.39. The molecule has 0 atom stereocenters. The molecule has 0 unspecified atom stereocenters. The number of halogens is 1. The number of rotatable bonds is 2. The first kappa shape index (κ1) is 16.3. The van der Waals surface area contributed by atoms with Gasteiger partial charge in [-0.15, -0.1) is 12.4 Å². The summed E-state index contributed by atoms with van der Waals surface area (Å²) in [6, 6.07) is 6.05. The van der Waals surface area contributed by atoms with Gasteiger partial charge in [0.05, 0.1) is 0 Å². The van der Waals surface area contributed by atoms with Crippen LogP contribution in [-0.2, 0) is 12.0 Å². The van der Waals surface area contributed by atoms with Gasteiger partial charge in [-0.25, -0.2) is 0 Å². The number of hydrogen-bond donors (Lipinski definition) is 1. The highest BCUT2D eigenvalue weighted by molar-refractivity contribution is 5.85. The highest BCUT2D eigenvalue weighted by Gasteiger charge is 2.17. The van der Waals surface area contributed by atoms with E-state index in [1.807, 2.05) is 12.1 Å². The summed E-state index contributed by atoms with van der Waals surface area (Å²) in [6.07, 6.45) is 3.93. The Hall–Kier alpha value is -0.730. The minimum atomic E-state index is 0. The Balaban J connectivity index is 0.00000180. The average molecular weight is 284 g/mol. The first-order valence-corrected chi connectivity index (χ1v) is 7.01. The van der Waals surface area contributed by atoms with Crippen LogP contribution in [0.25, 0.3) is 0 Å². The molecule has 1 N–H and O–H groups in total. The van der Waals surface area contributed by atoms with Gasteiger partial charge in [0.2, 0.25) is 0 Å². The molecule has 1 aromatic rings. The molecule has 3 heteroatoms. The van der Waals surface area contributed by atoms with Crippen LogP contribution in [0.5, 0.6) is 5.75 Å². The average Bonchev–Trinajstić information content (AvgIpc) is 2.32. The molecular weight excluding hydrogens is 258 g/mol. The molecule has 0 bridgehead atoms. The van der Waals surface area contributed by atoms with Crippen LogP contribution in [0, 0.1) is 0 Å². The van der Waals surface area contributed by atoms with E-state index in [0.717, 1.165) is 12.1 Å². The van der Waals surface area contributed by atoms with Crippen LogP contribution in [0.1, 0.15) is 51.2 Å². The van der Waals surface area contributed by atoms with Crippen LogP contribution in [-0.4, -0.2) is 23.1 Å². The molecule has 0 amide bonds. The van der Waals surface area contributed by atoms with Crippen molar-refractivity contribution in [1.82, 2.24) is 4.90 Å². The Morgan fingerprint density at radius 3 is 2.32 bits per heavy atom. The maximum atomic E-state index is 10.0. The molecule has 2 rings (SSSR count). The van der Waals surface area contributed by atoms with Gasteiger partial charge in [0.1, 0.15) is 5.75 Å². The van der Waals surface area contributed by atoms with Crippen LogP contribution in [0.4, 0.5) is 0 Å². The predicted molar refractivity (Wildman–Crippen MR) is 83.2 cm³/mol. The number of benzene rings is 1. The number of piperidine rings is 1. The first-order valence-electron chi connectivity index (χ1n) is 7.01. The quantitative estimate of drug-likeness (QED) is 0.883. The first-order chi connectivity index (χ1) is 8.47. The molecule has 108 valence electrons. The van der Waals surface area contributed by atoms with E-state index >= 15 is 0 Å². The van der Waals surface area contributed by atoms with Crippen LogP contribution < -0.4 is 0 Å². The van der Waals surface area contributed by atoms with Crippen LogP contribution in [0.15, 0.2) is 18.2 Å². The molecule has 0 saturated carbocycles. The summed E-state index contributed by atoms with van der Waals surface area (Å²) in [4.78, 5) is 2.45. The Labute approximate surface area is 123 Å². The van der Waals surface area contributed by atoms with Crippen molar-refractivity contribution in [3.8, 4) is 5.75 Å². The maximum absolute atomic E-state index is 10.0. The molecule has 0 aromatic heterocycles. The number of phenols is 1. The van der Waals surface area contributed by atoms with Crippen LogP contribution in [0.3, 0.4) is 0 Å². The standard InChI is InChI=1S/C16H25NO.ClH/c1-16(2,3)14-7-8-15(18)13(11-14)12-17-9-5-4-6-10-17;/h7-8,11,18H,4-6,9-10,12H2,1-3H3;1H. The molecule has 1 aliphatic rings. The van der Waals surface area contributed by atoms with Gasteiger partial charge >= 0.3 is 0 Å². The van der Waals surface area contributed by atoms with Gasteiger partial charge in [-0.05, 0) is 43.0 Å². The van der Waals surface area contributed by atoms with Gasteiger partial charge in [-0.1, -0.05) is 39.3 Å². The lowest BCUT2D eigenvalue weighted by molar-refractivity contribution is 0.218. The Kier molecular flexibility index (Phi) is 5.69. The van der Waals surface area contributed by atoms with E-state index in [2.05, 4.69) is 31.7 Å². The van der Waals surface area contributed by atoms with Crippen molar-refractivity contribution in [3.05, 3.63) is 29.3 Å². The predicted octanol–water partition coefficient (Wildman–Crippen LogP) is 4.10. The molecule has 0 spiro atoms. The number of likely N-dealkylation sites (tertiary alicyclic amines) is 1. The van der Waals surface area contributed by atoms with Crippen molar-refractivity contribution in [1.29, 1.82) is 0 Å². The lowest BCUT2D eigenvalue weighted by Crippen LogP contribution is -2.29. The van der Waals surface area contributed by atoms with E-state index in [1.54, 1.807) is 0 Å². The zero-order valence-corrected chi connectivity index (χ0v) is 13.1. The second-order valence-electron chi connectivity index (χ2n) is 6.43. The minimum Gasteiger partial charge on any atom is -0.508 e. The van der Waals surface area contributed by atoms with Gasteiger partial charge in [-0.3, -0.25) is 4.90 Å². The normalized spacial score (nSPS) is 17.0. The number of hydrogen-bond acceptors (Lipinski definition) is 2. The monoisotopic (exact) mass is 283 g/mol. The fourth-order valence-electron chi connectivity index (χ4n) is 2.54. The molecule has 1 saturated heterocycles. The fourth-order valence-corrected chi connectivity index (χ4v) is 2.54. The lowest BCUT2D eigenvalue weighted by Gasteiger charge is -2.27. The summed E-state index contributed by atoms with van der Waals surface area (Å²) in [5, 5.41) is 10.0. The Morgan fingerprint density at radius 1 is 1.11 bits per heavy atom. The van der Waals surface area contributed by atoms with Crippen LogP contribution in [0.2, 0.25) is 0 Å². The molecule has 1 aromatic carbocycles. The van der Waals surface area contributed by atoms with E-state index in [0.29, 0.717) is 5.75 Å². The molecule has 19 heavy (non-hydrogen) atoms. The fraction of sp³-hybridized carbons (Fsp3) is 0.625. The summed E-state index contributed by atoms with van der Waals surface area (Å²) >= 11 is 0. The summed E-state index contributed by atoms with van der Waals surface area (Å²) in [7, 11) is 0. The minimum absolute atomic E-state index is 0. The summed E-state index contributed by atoms with van der Waals surface area (Å²) < 4.78 is 0.